The van der Waals surface area contributed by atoms with Gasteiger partial charge in [-0.3, -0.25) is 4.79 Å². The number of carboxylic acid groups (broad SMARTS) is 1. The summed E-state index contributed by atoms with van der Waals surface area (Å²) in [5, 5.41) is 12.2. The van der Waals surface area contributed by atoms with Gasteiger partial charge in [-0.2, -0.15) is 13.2 Å². The summed E-state index contributed by atoms with van der Waals surface area (Å²) in [5.41, 5.74) is 6.49. The van der Waals surface area contributed by atoms with Gasteiger partial charge >= 0.3 is 12.1 Å². The van der Waals surface area contributed by atoms with Crippen molar-refractivity contribution < 1.29 is 23.1 Å². The van der Waals surface area contributed by atoms with E-state index in [0.29, 0.717) is 34.9 Å². The maximum absolute atomic E-state index is 12.9. The minimum absolute atomic E-state index is 0.0201. The molecule has 0 spiro atoms. The molecule has 0 aliphatic heterocycles. The van der Waals surface area contributed by atoms with Crippen molar-refractivity contribution in [1.82, 2.24) is 9.97 Å². The highest BCUT2D eigenvalue weighted by Gasteiger charge is 2.32. The number of fused-ring (bicyclic) bond motifs is 1. The number of aliphatic carboxylic acids is 1. The monoisotopic (exact) mass is 366 g/mol. The van der Waals surface area contributed by atoms with E-state index in [-0.39, 0.29) is 18.7 Å². The van der Waals surface area contributed by atoms with Crippen LogP contribution < -0.4 is 11.1 Å². The van der Waals surface area contributed by atoms with Gasteiger partial charge in [-0.05, 0) is 37.1 Å². The molecule has 1 unspecified atom stereocenters. The summed E-state index contributed by atoms with van der Waals surface area (Å²) >= 11 is 0. The maximum Gasteiger partial charge on any atom is 0.416 e. The van der Waals surface area contributed by atoms with Gasteiger partial charge in [0.05, 0.1) is 17.2 Å². The fourth-order valence-corrected chi connectivity index (χ4v) is 3.08. The van der Waals surface area contributed by atoms with E-state index in [0.717, 1.165) is 12.1 Å². The second-order valence-electron chi connectivity index (χ2n) is 6.30. The number of benzene rings is 1. The highest BCUT2D eigenvalue weighted by molar-refractivity contribution is 5.73. The highest BCUT2D eigenvalue weighted by Crippen LogP contribution is 2.33. The number of aromatic nitrogens is 2. The van der Waals surface area contributed by atoms with Crippen LogP contribution in [0, 0.1) is 12.8 Å². The van der Waals surface area contributed by atoms with Crippen molar-refractivity contribution in [2.75, 3.05) is 11.1 Å². The Morgan fingerprint density at radius 2 is 2.04 bits per heavy atom. The van der Waals surface area contributed by atoms with Crippen molar-refractivity contribution in [2.45, 2.75) is 32.5 Å². The number of nitrogen functional groups attached to an aromatic ring is 1. The van der Waals surface area contributed by atoms with Gasteiger partial charge in [0.2, 0.25) is 0 Å². The summed E-state index contributed by atoms with van der Waals surface area (Å²) in [4.78, 5) is 19.8. The quantitative estimate of drug-likeness (QED) is 0.720. The summed E-state index contributed by atoms with van der Waals surface area (Å²) in [6.07, 6.45) is -3.87. The van der Waals surface area contributed by atoms with Crippen LogP contribution in [0.4, 0.5) is 24.7 Å². The molecule has 0 saturated carbocycles. The van der Waals surface area contributed by atoms with Crippen LogP contribution in [-0.4, -0.2) is 21.0 Å². The van der Waals surface area contributed by atoms with Gasteiger partial charge in [-0.25, -0.2) is 9.97 Å². The molecule has 0 amide bonds. The molecule has 1 heterocycles. The minimum Gasteiger partial charge on any atom is -0.481 e. The summed E-state index contributed by atoms with van der Waals surface area (Å²) in [7, 11) is 0. The number of hydrogen-bond acceptors (Lipinski definition) is 5. The lowest BCUT2D eigenvalue weighted by atomic mass is 10.1. The number of alkyl halides is 3. The average Bonchev–Trinajstić information content (AvgIpc) is 2.95. The van der Waals surface area contributed by atoms with Crippen molar-refractivity contribution in [3.8, 4) is 0 Å². The van der Waals surface area contributed by atoms with E-state index in [1.807, 2.05) is 0 Å². The van der Waals surface area contributed by atoms with Crippen LogP contribution in [0.15, 0.2) is 18.2 Å². The van der Waals surface area contributed by atoms with Crippen LogP contribution in [0.5, 0.6) is 0 Å². The van der Waals surface area contributed by atoms with E-state index < -0.39 is 23.6 Å². The van der Waals surface area contributed by atoms with Crippen LogP contribution in [0.3, 0.4) is 0 Å². The molecule has 0 radical (unpaired) electrons. The Morgan fingerprint density at radius 3 is 2.69 bits per heavy atom. The van der Waals surface area contributed by atoms with E-state index in [1.165, 1.54) is 6.07 Å². The van der Waals surface area contributed by atoms with E-state index in [4.69, 9.17) is 5.73 Å². The molecular formula is C17H17F3N4O2. The van der Waals surface area contributed by atoms with Gasteiger partial charge in [0.25, 0.3) is 0 Å². The summed E-state index contributed by atoms with van der Waals surface area (Å²) < 4.78 is 38.7. The first-order valence-electron chi connectivity index (χ1n) is 7.93. The van der Waals surface area contributed by atoms with E-state index in [1.54, 1.807) is 6.92 Å². The van der Waals surface area contributed by atoms with Crippen molar-refractivity contribution in [2.24, 2.45) is 5.92 Å². The molecule has 1 atom stereocenters. The van der Waals surface area contributed by atoms with Gasteiger partial charge < -0.3 is 16.2 Å². The predicted molar refractivity (Wildman–Crippen MR) is 88.5 cm³/mol. The topological polar surface area (TPSA) is 101 Å². The SMILES string of the molecule is Cc1nc2c(c(NCc3cc(N)cc(C(F)(F)F)c3)n1)CC(C(=O)O)C2. The zero-order chi connectivity index (χ0) is 19.1. The van der Waals surface area contributed by atoms with Crippen molar-refractivity contribution in [3.63, 3.8) is 0 Å². The summed E-state index contributed by atoms with van der Waals surface area (Å²) in [5.74, 6) is -0.545. The number of nitrogens with two attached hydrogens (primary N) is 1. The number of aryl methyl sites for hydroxylation is 1. The third kappa shape index (κ3) is 3.71. The van der Waals surface area contributed by atoms with Gasteiger partial charge in [0.15, 0.2) is 0 Å². The number of nitrogens with one attached hydrogen (secondary N) is 1. The van der Waals surface area contributed by atoms with E-state index >= 15 is 0 Å². The normalized spacial score (nSPS) is 16.4. The first-order valence-corrected chi connectivity index (χ1v) is 7.93. The number of halogens is 3. The lowest BCUT2D eigenvalue weighted by Crippen LogP contribution is -2.13. The Hall–Kier alpha value is -2.84. The second-order valence-corrected chi connectivity index (χ2v) is 6.30. The van der Waals surface area contributed by atoms with E-state index in [2.05, 4.69) is 15.3 Å². The molecule has 0 saturated heterocycles. The third-order valence-electron chi connectivity index (χ3n) is 4.25. The largest absolute Gasteiger partial charge is 0.481 e. The number of rotatable bonds is 4. The first-order chi connectivity index (χ1) is 12.1. The lowest BCUT2D eigenvalue weighted by Gasteiger charge is -2.13. The molecule has 1 aromatic carbocycles. The molecule has 1 aromatic heterocycles. The number of carboxylic acids is 1. The van der Waals surface area contributed by atoms with E-state index in [9.17, 15) is 23.1 Å². The zero-order valence-electron chi connectivity index (χ0n) is 13.9. The highest BCUT2D eigenvalue weighted by atomic mass is 19.4. The molecule has 0 fully saturated rings. The molecule has 9 heteroatoms. The second kappa shape index (κ2) is 6.47. The Balaban J connectivity index is 1.84. The molecule has 4 N–H and O–H groups in total. The van der Waals surface area contributed by atoms with Crippen molar-refractivity contribution in [1.29, 1.82) is 0 Å². The van der Waals surface area contributed by atoms with Crippen molar-refractivity contribution in [3.05, 3.63) is 46.4 Å². The van der Waals surface area contributed by atoms with Gasteiger partial charge in [-0.15, -0.1) is 0 Å². The number of carbonyl (C=O) groups is 1. The maximum atomic E-state index is 12.9. The first kappa shape index (κ1) is 18.0. The molecule has 1 aliphatic carbocycles. The molecule has 138 valence electrons. The third-order valence-corrected chi connectivity index (χ3v) is 4.25. The van der Waals surface area contributed by atoms with Crippen LogP contribution in [0.25, 0.3) is 0 Å². The van der Waals surface area contributed by atoms with Crippen LogP contribution in [0.2, 0.25) is 0 Å². The molecule has 3 rings (SSSR count). The number of anilines is 2. The van der Waals surface area contributed by atoms with Gasteiger partial charge in [-0.1, -0.05) is 0 Å². The Labute approximate surface area is 147 Å². The lowest BCUT2D eigenvalue weighted by molar-refractivity contribution is -0.141. The fraction of sp³-hybridized carbons (Fsp3) is 0.353. The average molecular weight is 366 g/mol. The molecule has 0 bridgehead atoms. The molecule has 2 aromatic rings. The smallest absolute Gasteiger partial charge is 0.416 e. The molecule has 1 aliphatic rings. The van der Waals surface area contributed by atoms with Crippen LogP contribution in [-0.2, 0) is 30.4 Å². The minimum atomic E-state index is -4.48. The molecular weight excluding hydrogens is 349 g/mol. The predicted octanol–water partition coefficient (Wildman–Crippen LogP) is 2.80. The van der Waals surface area contributed by atoms with Crippen LogP contribution in [0.1, 0.15) is 28.2 Å². The van der Waals surface area contributed by atoms with Crippen molar-refractivity contribution >= 4 is 17.5 Å². The Morgan fingerprint density at radius 1 is 1.31 bits per heavy atom. The molecule has 6 nitrogen and oxygen atoms in total. The van der Waals surface area contributed by atoms with Gasteiger partial charge in [0.1, 0.15) is 11.6 Å². The summed E-state index contributed by atoms with van der Waals surface area (Å²) in [6.45, 7) is 1.76. The number of hydrogen-bond donors (Lipinski definition) is 3. The standard InChI is InChI=1S/C17H17F3N4O2/c1-8-23-14-5-10(16(25)26)4-13(14)15(24-8)22-7-9-2-11(17(18,19)20)6-12(21)3-9/h2-3,6,10H,4-5,7,21H2,1H3,(H,25,26)(H,22,23,24). The molecule has 26 heavy (non-hydrogen) atoms. The Kier molecular flexibility index (Phi) is 4.47. The van der Waals surface area contributed by atoms with Crippen LogP contribution >= 0.6 is 0 Å². The fourth-order valence-electron chi connectivity index (χ4n) is 3.08. The summed E-state index contributed by atoms with van der Waals surface area (Å²) in [6, 6.07) is 3.36. The van der Waals surface area contributed by atoms with Gasteiger partial charge in [0, 0.05) is 24.2 Å². The Bertz CT molecular complexity index is 868. The zero-order valence-corrected chi connectivity index (χ0v) is 13.9. The number of nitrogens with zero attached hydrogens (tertiary/aromatic N) is 2.